The Kier molecular flexibility index (Phi) is 4.41. The Bertz CT molecular complexity index is 506. The third kappa shape index (κ3) is 3.39. The van der Waals surface area contributed by atoms with Crippen LogP contribution in [0.1, 0.15) is 6.92 Å². The number of ether oxygens (including phenoxy) is 1. The van der Waals surface area contributed by atoms with E-state index in [2.05, 4.69) is 10.6 Å². The molecule has 1 aromatic rings. The number of cyclic esters (lactones) is 1. The molecule has 1 aromatic carbocycles. The highest BCUT2D eigenvalue weighted by molar-refractivity contribution is 5.93. The summed E-state index contributed by atoms with van der Waals surface area (Å²) in [7, 11) is 0. The topological polar surface area (TPSA) is 90.9 Å². The molecular formula is C13H17N3O4. The van der Waals surface area contributed by atoms with Crippen LogP contribution in [0.5, 0.6) is 0 Å². The number of aliphatic hydroxyl groups is 1. The second-order valence-corrected chi connectivity index (χ2v) is 4.50. The molecule has 20 heavy (non-hydrogen) atoms. The molecule has 0 aromatic heterocycles. The van der Waals surface area contributed by atoms with E-state index in [4.69, 9.17) is 9.84 Å². The Morgan fingerprint density at radius 3 is 3.00 bits per heavy atom. The standard InChI is InChI=1S/C13H17N3O4/c1-9(8-17)14-12(18)15-10-3-2-4-11(7-10)16-5-6-20-13(16)19/h2-4,7,9,17H,5-6,8H2,1H3,(H2,14,15,18)/t9-/m1/s1. The molecule has 7 nitrogen and oxygen atoms in total. The van der Waals surface area contributed by atoms with Gasteiger partial charge in [0, 0.05) is 11.4 Å². The van der Waals surface area contributed by atoms with Crippen LogP contribution in [0.25, 0.3) is 0 Å². The summed E-state index contributed by atoms with van der Waals surface area (Å²) in [5.41, 5.74) is 1.23. The smallest absolute Gasteiger partial charge is 0.414 e. The molecule has 108 valence electrons. The molecule has 2 rings (SSSR count). The van der Waals surface area contributed by atoms with E-state index < -0.39 is 6.03 Å². The minimum atomic E-state index is -0.410. The summed E-state index contributed by atoms with van der Waals surface area (Å²) in [6.45, 7) is 2.42. The number of anilines is 2. The molecule has 0 radical (unpaired) electrons. The number of amides is 3. The van der Waals surface area contributed by atoms with E-state index >= 15 is 0 Å². The Morgan fingerprint density at radius 2 is 2.35 bits per heavy atom. The maximum Gasteiger partial charge on any atom is 0.414 e. The fourth-order valence-corrected chi connectivity index (χ4v) is 1.82. The Morgan fingerprint density at radius 1 is 1.55 bits per heavy atom. The lowest BCUT2D eigenvalue weighted by Crippen LogP contribution is -2.38. The van der Waals surface area contributed by atoms with Crippen molar-refractivity contribution in [2.75, 3.05) is 30.0 Å². The molecule has 0 saturated carbocycles. The van der Waals surface area contributed by atoms with Crippen LogP contribution in [0.2, 0.25) is 0 Å². The van der Waals surface area contributed by atoms with E-state index in [1.54, 1.807) is 31.2 Å². The van der Waals surface area contributed by atoms with Crippen molar-refractivity contribution in [3.05, 3.63) is 24.3 Å². The van der Waals surface area contributed by atoms with Gasteiger partial charge >= 0.3 is 12.1 Å². The minimum Gasteiger partial charge on any atom is -0.447 e. The van der Waals surface area contributed by atoms with Crippen molar-refractivity contribution >= 4 is 23.5 Å². The number of hydrogen-bond acceptors (Lipinski definition) is 4. The SMILES string of the molecule is C[C@H](CO)NC(=O)Nc1cccc(N2CCOC2=O)c1. The van der Waals surface area contributed by atoms with Crippen LogP contribution in [0.3, 0.4) is 0 Å². The molecule has 1 heterocycles. The van der Waals surface area contributed by atoms with Crippen molar-refractivity contribution in [2.45, 2.75) is 13.0 Å². The van der Waals surface area contributed by atoms with Gasteiger partial charge in [-0.2, -0.15) is 0 Å². The first-order valence-corrected chi connectivity index (χ1v) is 6.33. The number of benzene rings is 1. The van der Waals surface area contributed by atoms with Crippen molar-refractivity contribution < 1.29 is 19.4 Å². The summed E-state index contributed by atoms with van der Waals surface area (Å²) in [6.07, 6.45) is -0.388. The summed E-state index contributed by atoms with van der Waals surface area (Å²) >= 11 is 0. The van der Waals surface area contributed by atoms with Gasteiger partial charge in [0.15, 0.2) is 0 Å². The van der Waals surface area contributed by atoms with Crippen LogP contribution in [0, 0.1) is 0 Å². The molecule has 0 aliphatic carbocycles. The quantitative estimate of drug-likeness (QED) is 0.771. The molecule has 1 saturated heterocycles. The largest absolute Gasteiger partial charge is 0.447 e. The third-order valence-electron chi connectivity index (χ3n) is 2.83. The molecule has 0 unspecified atom stereocenters. The van der Waals surface area contributed by atoms with Crippen LogP contribution < -0.4 is 15.5 Å². The van der Waals surface area contributed by atoms with Gasteiger partial charge in [-0.05, 0) is 25.1 Å². The normalized spacial score (nSPS) is 15.7. The van der Waals surface area contributed by atoms with E-state index in [9.17, 15) is 9.59 Å². The van der Waals surface area contributed by atoms with Crippen molar-refractivity contribution in [2.24, 2.45) is 0 Å². The van der Waals surface area contributed by atoms with Gasteiger partial charge in [0.05, 0.1) is 19.2 Å². The summed E-state index contributed by atoms with van der Waals surface area (Å²) in [6, 6.07) is 6.18. The second-order valence-electron chi connectivity index (χ2n) is 4.50. The first kappa shape index (κ1) is 14.1. The van der Waals surface area contributed by atoms with Gasteiger partial charge in [-0.1, -0.05) is 6.07 Å². The van der Waals surface area contributed by atoms with Crippen LogP contribution in [0.4, 0.5) is 21.0 Å². The van der Waals surface area contributed by atoms with Crippen LogP contribution in [-0.2, 0) is 4.74 Å². The molecule has 1 aliphatic rings. The third-order valence-corrected chi connectivity index (χ3v) is 2.83. The predicted octanol–water partition coefficient (Wildman–Crippen LogP) is 1.15. The average molecular weight is 279 g/mol. The lowest BCUT2D eigenvalue weighted by atomic mass is 10.2. The summed E-state index contributed by atoms with van der Waals surface area (Å²) in [4.78, 5) is 24.6. The maximum absolute atomic E-state index is 11.6. The van der Waals surface area contributed by atoms with Crippen LogP contribution in [-0.4, -0.2) is 43.0 Å². The van der Waals surface area contributed by atoms with Crippen molar-refractivity contribution in [3.8, 4) is 0 Å². The molecule has 1 aliphatic heterocycles. The van der Waals surface area contributed by atoms with E-state index in [-0.39, 0.29) is 18.7 Å². The molecule has 3 amide bonds. The van der Waals surface area contributed by atoms with Gasteiger partial charge in [0.2, 0.25) is 0 Å². The highest BCUT2D eigenvalue weighted by Crippen LogP contribution is 2.22. The van der Waals surface area contributed by atoms with E-state index in [0.717, 1.165) is 0 Å². The number of rotatable bonds is 4. The minimum absolute atomic E-state index is 0.132. The number of nitrogens with zero attached hydrogens (tertiary/aromatic N) is 1. The lowest BCUT2D eigenvalue weighted by Gasteiger charge is -2.15. The fourth-order valence-electron chi connectivity index (χ4n) is 1.82. The zero-order valence-corrected chi connectivity index (χ0v) is 11.1. The first-order valence-electron chi connectivity index (χ1n) is 6.33. The van der Waals surface area contributed by atoms with Crippen LogP contribution in [0.15, 0.2) is 24.3 Å². The van der Waals surface area contributed by atoms with Gasteiger partial charge < -0.3 is 20.5 Å². The predicted molar refractivity (Wildman–Crippen MR) is 73.8 cm³/mol. The van der Waals surface area contributed by atoms with Gasteiger partial charge in [0.1, 0.15) is 6.61 Å². The first-order chi connectivity index (χ1) is 9.60. The van der Waals surface area contributed by atoms with Crippen molar-refractivity contribution in [1.82, 2.24) is 5.32 Å². The number of aliphatic hydroxyl groups excluding tert-OH is 1. The van der Waals surface area contributed by atoms with E-state index in [1.807, 2.05) is 0 Å². The van der Waals surface area contributed by atoms with Gasteiger partial charge in [-0.15, -0.1) is 0 Å². The zero-order valence-electron chi connectivity index (χ0n) is 11.1. The Balaban J connectivity index is 2.02. The monoisotopic (exact) mass is 279 g/mol. The van der Waals surface area contributed by atoms with Gasteiger partial charge in [-0.3, -0.25) is 4.90 Å². The average Bonchev–Trinajstić information content (AvgIpc) is 2.85. The highest BCUT2D eigenvalue weighted by Gasteiger charge is 2.23. The van der Waals surface area contributed by atoms with E-state index in [0.29, 0.717) is 24.5 Å². The summed E-state index contributed by atoms with van der Waals surface area (Å²) in [5.74, 6) is 0. The molecule has 1 atom stereocenters. The molecule has 0 bridgehead atoms. The molecule has 1 fully saturated rings. The highest BCUT2D eigenvalue weighted by atomic mass is 16.6. The summed E-state index contributed by atoms with van der Waals surface area (Å²) in [5, 5.41) is 14.1. The Hall–Kier alpha value is -2.28. The molecule has 0 spiro atoms. The van der Waals surface area contributed by atoms with Crippen molar-refractivity contribution in [3.63, 3.8) is 0 Å². The second kappa shape index (κ2) is 6.25. The lowest BCUT2D eigenvalue weighted by molar-refractivity contribution is 0.181. The zero-order chi connectivity index (χ0) is 14.5. The molecule has 3 N–H and O–H groups in total. The molecule has 7 heteroatoms. The van der Waals surface area contributed by atoms with Gasteiger partial charge in [0.25, 0.3) is 0 Å². The summed E-state index contributed by atoms with van der Waals surface area (Å²) < 4.78 is 4.87. The fraction of sp³-hybridized carbons (Fsp3) is 0.385. The number of urea groups is 1. The van der Waals surface area contributed by atoms with E-state index in [1.165, 1.54) is 4.90 Å². The van der Waals surface area contributed by atoms with Crippen molar-refractivity contribution in [1.29, 1.82) is 0 Å². The number of carbonyl (C=O) groups is 2. The number of nitrogens with one attached hydrogen (secondary N) is 2. The van der Waals surface area contributed by atoms with Gasteiger partial charge in [-0.25, -0.2) is 9.59 Å². The number of carbonyl (C=O) groups excluding carboxylic acids is 2. The Labute approximate surface area is 116 Å². The van der Waals surface area contributed by atoms with Crippen LogP contribution >= 0.6 is 0 Å². The number of hydrogen-bond donors (Lipinski definition) is 3. The molecular weight excluding hydrogens is 262 g/mol. The maximum atomic E-state index is 11.6.